The fraction of sp³-hybridized carbons (Fsp3) is 0.375. The summed E-state index contributed by atoms with van der Waals surface area (Å²) >= 11 is 0. The fourth-order valence-electron chi connectivity index (χ4n) is 2.38. The molecule has 1 heterocycles. The van der Waals surface area contributed by atoms with Gasteiger partial charge in [0.1, 0.15) is 0 Å². The molecule has 2 rings (SSSR count). The molecule has 1 aromatic carbocycles. The molecule has 0 spiro atoms. The van der Waals surface area contributed by atoms with Crippen molar-refractivity contribution in [1.29, 1.82) is 0 Å². The number of benzene rings is 1. The van der Waals surface area contributed by atoms with Gasteiger partial charge >= 0.3 is 0 Å². The third-order valence-corrected chi connectivity index (χ3v) is 5.23. The van der Waals surface area contributed by atoms with Crippen LogP contribution in [-0.2, 0) is 4.43 Å². The van der Waals surface area contributed by atoms with Crippen LogP contribution in [0.4, 0.5) is 0 Å². The first-order chi connectivity index (χ1) is 8.46. The van der Waals surface area contributed by atoms with E-state index in [0.29, 0.717) is 0 Å². The van der Waals surface area contributed by atoms with Crippen molar-refractivity contribution in [3.63, 3.8) is 0 Å². The van der Waals surface area contributed by atoms with E-state index < -0.39 is 8.32 Å². The highest BCUT2D eigenvalue weighted by Crippen LogP contribution is 2.35. The van der Waals surface area contributed by atoms with Crippen LogP contribution in [0.25, 0.3) is 0 Å². The number of rotatable bonds is 3. The maximum atomic E-state index is 6.22. The molecular formula is C16H21OSi. The van der Waals surface area contributed by atoms with Crippen molar-refractivity contribution in [2.45, 2.75) is 38.6 Å². The molecule has 0 bridgehead atoms. The average Bonchev–Trinajstić information content (AvgIpc) is 2.53. The second kappa shape index (κ2) is 5.25. The third kappa shape index (κ3) is 3.44. The molecular weight excluding hydrogens is 236 g/mol. The summed E-state index contributed by atoms with van der Waals surface area (Å²) in [6, 6.07) is 11.4. The van der Waals surface area contributed by atoms with E-state index >= 15 is 0 Å². The predicted octanol–water partition coefficient (Wildman–Crippen LogP) is 4.33. The molecule has 0 aliphatic carbocycles. The minimum atomic E-state index is -1.53. The van der Waals surface area contributed by atoms with Gasteiger partial charge < -0.3 is 4.43 Å². The van der Waals surface area contributed by atoms with Crippen molar-refractivity contribution in [2.24, 2.45) is 0 Å². The van der Waals surface area contributed by atoms with Crippen LogP contribution >= 0.6 is 0 Å². The molecule has 0 amide bonds. The van der Waals surface area contributed by atoms with Crippen molar-refractivity contribution in [3.05, 3.63) is 59.7 Å². The summed E-state index contributed by atoms with van der Waals surface area (Å²) < 4.78 is 6.22. The Labute approximate surface area is 111 Å². The van der Waals surface area contributed by atoms with Crippen LogP contribution in [-0.4, -0.2) is 14.4 Å². The lowest BCUT2D eigenvalue weighted by Gasteiger charge is -2.17. The molecule has 0 N–H and O–H groups in total. The van der Waals surface area contributed by atoms with Crippen LogP contribution in [0, 0.1) is 6.08 Å². The molecule has 1 aromatic rings. The summed E-state index contributed by atoms with van der Waals surface area (Å²) in [4.78, 5) is 0. The van der Waals surface area contributed by atoms with Gasteiger partial charge in [-0.3, -0.25) is 0 Å². The van der Waals surface area contributed by atoms with E-state index in [-0.39, 0.29) is 6.10 Å². The third-order valence-electron chi connectivity index (χ3n) is 3.08. The first-order valence-electron chi connectivity index (χ1n) is 6.46. The van der Waals surface area contributed by atoms with Gasteiger partial charge in [-0.25, -0.2) is 0 Å². The smallest absolute Gasteiger partial charge is 0.191 e. The second-order valence-corrected chi connectivity index (χ2v) is 9.83. The van der Waals surface area contributed by atoms with Crippen molar-refractivity contribution >= 4 is 8.32 Å². The van der Waals surface area contributed by atoms with Gasteiger partial charge in [0.25, 0.3) is 0 Å². The van der Waals surface area contributed by atoms with Crippen LogP contribution in [0.1, 0.15) is 18.9 Å². The zero-order chi connectivity index (χ0) is 13.2. The second-order valence-electron chi connectivity index (χ2n) is 5.72. The molecule has 1 fully saturated rings. The quantitative estimate of drug-likeness (QED) is 0.578. The zero-order valence-electron chi connectivity index (χ0n) is 11.5. The maximum absolute atomic E-state index is 6.22. The number of hydrogen-bond donors (Lipinski definition) is 0. The molecule has 1 radical (unpaired) electrons. The van der Waals surface area contributed by atoms with Gasteiger partial charge in [-0.15, -0.1) is 6.58 Å². The van der Waals surface area contributed by atoms with Gasteiger partial charge in [-0.05, 0) is 49.7 Å². The normalized spacial score (nSPS) is 24.4. The lowest BCUT2D eigenvalue weighted by Crippen LogP contribution is -2.25. The summed E-state index contributed by atoms with van der Waals surface area (Å²) in [5.41, 5.74) is 3.65. The van der Waals surface area contributed by atoms with Crippen LogP contribution in [0.5, 0.6) is 0 Å². The van der Waals surface area contributed by atoms with Crippen molar-refractivity contribution in [1.82, 2.24) is 0 Å². The summed E-state index contributed by atoms with van der Waals surface area (Å²) in [6.07, 6.45) is 4.66. The summed E-state index contributed by atoms with van der Waals surface area (Å²) in [5, 5.41) is 0. The van der Waals surface area contributed by atoms with Crippen molar-refractivity contribution < 1.29 is 4.43 Å². The highest BCUT2D eigenvalue weighted by Gasteiger charge is 2.37. The van der Waals surface area contributed by atoms with E-state index in [9.17, 15) is 0 Å². The Morgan fingerprint density at radius 3 is 2.67 bits per heavy atom. The molecule has 95 valence electrons. The SMILES string of the molecule is C=C(C)C[C@@H]1O[Si](C)(C)CC1=[C]c1ccccc1. The van der Waals surface area contributed by atoms with E-state index in [1.165, 1.54) is 11.1 Å². The Hall–Kier alpha value is -1.12. The lowest BCUT2D eigenvalue weighted by atomic mass is 10.0. The van der Waals surface area contributed by atoms with E-state index in [1.54, 1.807) is 0 Å². The molecule has 1 saturated heterocycles. The summed E-state index contributed by atoms with van der Waals surface area (Å²) in [5.74, 6) is 0. The largest absolute Gasteiger partial charge is 0.410 e. The highest BCUT2D eigenvalue weighted by molar-refractivity contribution is 6.72. The van der Waals surface area contributed by atoms with Crippen molar-refractivity contribution in [3.8, 4) is 0 Å². The summed E-state index contributed by atoms with van der Waals surface area (Å²) in [6.45, 7) is 10.6. The molecule has 2 heteroatoms. The lowest BCUT2D eigenvalue weighted by molar-refractivity contribution is 0.254. The molecule has 0 saturated carbocycles. The van der Waals surface area contributed by atoms with Gasteiger partial charge in [-0.2, -0.15) is 0 Å². The average molecular weight is 257 g/mol. The number of hydrogen-bond acceptors (Lipinski definition) is 1. The summed E-state index contributed by atoms with van der Waals surface area (Å²) in [7, 11) is -1.53. The van der Waals surface area contributed by atoms with E-state index in [1.807, 2.05) is 6.07 Å². The molecule has 1 aliphatic heterocycles. The molecule has 1 atom stereocenters. The van der Waals surface area contributed by atoms with Crippen LogP contribution < -0.4 is 0 Å². The van der Waals surface area contributed by atoms with Gasteiger partial charge in [0.15, 0.2) is 8.32 Å². The van der Waals surface area contributed by atoms with Gasteiger partial charge in [-0.1, -0.05) is 35.9 Å². The fourth-order valence-corrected chi connectivity index (χ4v) is 4.70. The monoisotopic (exact) mass is 257 g/mol. The van der Waals surface area contributed by atoms with Crippen LogP contribution in [0.2, 0.25) is 19.1 Å². The van der Waals surface area contributed by atoms with Crippen LogP contribution in [0.3, 0.4) is 0 Å². The zero-order valence-corrected chi connectivity index (χ0v) is 12.5. The minimum absolute atomic E-state index is 0.198. The van der Waals surface area contributed by atoms with Gasteiger partial charge in [0, 0.05) is 0 Å². The molecule has 1 aliphatic rings. The predicted molar refractivity (Wildman–Crippen MR) is 78.9 cm³/mol. The van der Waals surface area contributed by atoms with Crippen molar-refractivity contribution in [2.75, 3.05) is 0 Å². The molecule has 18 heavy (non-hydrogen) atoms. The topological polar surface area (TPSA) is 9.23 Å². The highest BCUT2D eigenvalue weighted by atomic mass is 28.4. The Kier molecular flexibility index (Phi) is 3.88. The van der Waals surface area contributed by atoms with Gasteiger partial charge in [0.2, 0.25) is 0 Å². The molecule has 0 unspecified atom stereocenters. The Balaban J connectivity index is 2.24. The van der Waals surface area contributed by atoms with Crippen LogP contribution in [0.15, 0.2) is 48.1 Å². The molecule has 1 nitrogen and oxygen atoms in total. The van der Waals surface area contributed by atoms with E-state index in [2.05, 4.69) is 56.9 Å². The Bertz CT molecular complexity index is 459. The van der Waals surface area contributed by atoms with E-state index in [4.69, 9.17) is 4.43 Å². The maximum Gasteiger partial charge on any atom is 0.191 e. The molecule has 0 aromatic heterocycles. The first kappa shape index (κ1) is 13.3. The standard InChI is InChI=1S/C16H21OSi/c1-13(2)10-16-15(12-18(3,4)17-16)11-14-8-6-5-7-9-14/h5-9,16H,1,10,12H2,2-4H3/t16-/m0/s1. The first-order valence-corrected chi connectivity index (χ1v) is 9.58. The Morgan fingerprint density at radius 2 is 2.06 bits per heavy atom. The van der Waals surface area contributed by atoms with Gasteiger partial charge in [0.05, 0.1) is 6.10 Å². The minimum Gasteiger partial charge on any atom is -0.410 e. The van der Waals surface area contributed by atoms with E-state index in [0.717, 1.165) is 18.0 Å². The Morgan fingerprint density at radius 1 is 1.39 bits per heavy atom.